The van der Waals surface area contributed by atoms with Gasteiger partial charge in [0, 0.05) is 11.1 Å². The smallest absolute Gasteiger partial charge is 0.221 e. The Morgan fingerprint density at radius 3 is 2.45 bits per heavy atom. The normalized spacial score (nSPS) is 11.2. The van der Waals surface area contributed by atoms with Gasteiger partial charge in [-0.25, -0.2) is 14.1 Å². The van der Waals surface area contributed by atoms with E-state index in [1.807, 2.05) is 37.3 Å². The molecule has 110 valence electrons. The van der Waals surface area contributed by atoms with Crippen molar-refractivity contribution in [1.29, 1.82) is 0 Å². The van der Waals surface area contributed by atoms with Crippen molar-refractivity contribution in [3.8, 4) is 11.1 Å². The number of aryl methyl sites for hydroxylation is 1. The largest absolute Gasteiger partial charge is 0.368 e. The third-order valence-corrected chi connectivity index (χ3v) is 3.28. The number of halogens is 1. The number of nitrogen functional groups attached to an aromatic ring is 1. The second-order valence-electron chi connectivity index (χ2n) is 4.90. The number of benzene rings is 2. The van der Waals surface area contributed by atoms with E-state index in [1.165, 1.54) is 10.7 Å². The summed E-state index contributed by atoms with van der Waals surface area (Å²) in [6.07, 6.45) is 3.39. The van der Waals surface area contributed by atoms with Gasteiger partial charge in [-0.2, -0.15) is 5.10 Å². The molecule has 3 rings (SSSR count). The molecule has 0 saturated carbocycles. The zero-order valence-corrected chi connectivity index (χ0v) is 12.1. The first-order valence-corrected chi connectivity index (χ1v) is 6.85. The molecule has 3 aromatic rings. The zero-order chi connectivity index (χ0) is 15.5. The monoisotopic (exact) mass is 294 g/mol. The summed E-state index contributed by atoms with van der Waals surface area (Å²) >= 11 is 0. The van der Waals surface area contributed by atoms with E-state index in [-0.39, 0.29) is 5.82 Å². The fourth-order valence-electron chi connectivity index (χ4n) is 2.26. The van der Waals surface area contributed by atoms with Crippen LogP contribution in [0, 0.1) is 12.7 Å². The summed E-state index contributed by atoms with van der Waals surface area (Å²) in [5.41, 5.74) is 8.67. The van der Waals surface area contributed by atoms with E-state index in [0.717, 1.165) is 16.8 Å². The molecule has 0 saturated heterocycles. The molecule has 5 heteroatoms. The van der Waals surface area contributed by atoms with Gasteiger partial charge in [0.25, 0.3) is 0 Å². The molecule has 0 fully saturated rings. The number of nitrogens with two attached hydrogens (primary N) is 1. The predicted molar refractivity (Wildman–Crippen MR) is 86.2 cm³/mol. The van der Waals surface area contributed by atoms with E-state index in [2.05, 4.69) is 10.1 Å². The quantitative estimate of drug-likeness (QED) is 0.752. The van der Waals surface area contributed by atoms with Gasteiger partial charge in [0.05, 0.1) is 18.1 Å². The van der Waals surface area contributed by atoms with Crippen molar-refractivity contribution in [1.82, 2.24) is 9.66 Å². The van der Waals surface area contributed by atoms with E-state index in [0.29, 0.717) is 11.5 Å². The molecule has 1 aromatic heterocycles. The Morgan fingerprint density at radius 1 is 1.09 bits per heavy atom. The van der Waals surface area contributed by atoms with Crippen molar-refractivity contribution in [3.05, 3.63) is 71.8 Å². The topological polar surface area (TPSA) is 56.2 Å². The number of nitrogens with zero attached hydrogens (tertiary/aromatic N) is 3. The molecule has 22 heavy (non-hydrogen) atoms. The van der Waals surface area contributed by atoms with Crippen molar-refractivity contribution in [2.24, 2.45) is 5.10 Å². The molecule has 4 nitrogen and oxygen atoms in total. The van der Waals surface area contributed by atoms with E-state index in [9.17, 15) is 4.39 Å². The molecule has 0 radical (unpaired) electrons. The van der Waals surface area contributed by atoms with Gasteiger partial charge in [0.2, 0.25) is 5.95 Å². The Bertz CT molecular complexity index is 836. The minimum absolute atomic E-state index is 0.263. The maximum Gasteiger partial charge on any atom is 0.221 e. The second kappa shape index (κ2) is 5.81. The van der Waals surface area contributed by atoms with Gasteiger partial charge in [-0.1, -0.05) is 42.5 Å². The van der Waals surface area contributed by atoms with Gasteiger partial charge >= 0.3 is 0 Å². The molecule has 0 bridgehead atoms. The van der Waals surface area contributed by atoms with Crippen LogP contribution in [0.3, 0.4) is 0 Å². The third kappa shape index (κ3) is 2.74. The average molecular weight is 294 g/mol. The number of anilines is 1. The van der Waals surface area contributed by atoms with E-state index in [1.54, 1.807) is 24.5 Å². The van der Waals surface area contributed by atoms with E-state index < -0.39 is 0 Å². The number of hydrogen-bond acceptors (Lipinski definition) is 3. The Balaban J connectivity index is 2.02. The van der Waals surface area contributed by atoms with Crippen molar-refractivity contribution in [2.75, 3.05) is 5.73 Å². The third-order valence-electron chi connectivity index (χ3n) is 3.28. The first kappa shape index (κ1) is 14.0. The minimum atomic E-state index is -0.263. The van der Waals surface area contributed by atoms with Crippen LogP contribution < -0.4 is 5.73 Å². The number of rotatable bonds is 3. The van der Waals surface area contributed by atoms with Crippen LogP contribution in [0.4, 0.5) is 10.3 Å². The molecule has 2 N–H and O–H groups in total. The van der Waals surface area contributed by atoms with Gasteiger partial charge in [-0.05, 0) is 18.6 Å². The highest BCUT2D eigenvalue weighted by molar-refractivity contribution is 5.90. The Labute approximate surface area is 127 Å². The number of aromatic nitrogens is 2. The van der Waals surface area contributed by atoms with Crippen LogP contribution in [0.2, 0.25) is 0 Å². The fourth-order valence-corrected chi connectivity index (χ4v) is 2.26. The SMILES string of the molecule is Cc1cn(N=Cc2ccccc2-c2ccccc2F)c(N)n1. The van der Waals surface area contributed by atoms with Gasteiger partial charge in [-0.15, -0.1) is 0 Å². The molecule has 0 atom stereocenters. The lowest BCUT2D eigenvalue weighted by atomic mass is 10.00. The lowest BCUT2D eigenvalue weighted by Crippen LogP contribution is -1.98. The highest BCUT2D eigenvalue weighted by Crippen LogP contribution is 2.25. The summed E-state index contributed by atoms with van der Waals surface area (Å²) < 4.78 is 15.5. The second-order valence-corrected chi connectivity index (χ2v) is 4.90. The summed E-state index contributed by atoms with van der Waals surface area (Å²) in [6.45, 7) is 1.84. The van der Waals surface area contributed by atoms with Crippen molar-refractivity contribution >= 4 is 12.2 Å². The highest BCUT2D eigenvalue weighted by atomic mass is 19.1. The van der Waals surface area contributed by atoms with Crippen LogP contribution in [0.5, 0.6) is 0 Å². The average Bonchev–Trinajstić information content (AvgIpc) is 2.84. The van der Waals surface area contributed by atoms with Gasteiger partial charge in [-0.3, -0.25) is 0 Å². The Kier molecular flexibility index (Phi) is 3.70. The maximum atomic E-state index is 14.0. The van der Waals surface area contributed by atoms with Gasteiger partial charge in [0.1, 0.15) is 5.82 Å². The van der Waals surface area contributed by atoms with Crippen LogP contribution in [-0.4, -0.2) is 15.9 Å². The number of imidazole rings is 1. The lowest BCUT2D eigenvalue weighted by Gasteiger charge is -2.07. The molecule has 0 amide bonds. The highest BCUT2D eigenvalue weighted by Gasteiger charge is 2.07. The minimum Gasteiger partial charge on any atom is -0.368 e. The van der Waals surface area contributed by atoms with E-state index >= 15 is 0 Å². The molecule has 0 aliphatic carbocycles. The molecular weight excluding hydrogens is 279 g/mol. The molecule has 0 aliphatic heterocycles. The summed E-state index contributed by atoms with van der Waals surface area (Å²) in [6, 6.07) is 14.2. The van der Waals surface area contributed by atoms with Crippen LogP contribution in [0.1, 0.15) is 11.3 Å². The molecular formula is C17H15FN4. The van der Waals surface area contributed by atoms with Gasteiger partial charge in [0.15, 0.2) is 0 Å². The summed E-state index contributed by atoms with van der Waals surface area (Å²) in [5, 5.41) is 4.29. The first-order valence-electron chi connectivity index (χ1n) is 6.85. The maximum absolute atomic E-state index is 14.0. The molecule has 0 spiro atoms. The molecule has 2 aromatic carbocycles. The van der Waals surface area contributed by atoms with Crippen molar-refractivity contribution < 1.29 is 4.39 Å². The molecule has 0 aliphatic rings. The Hall–Kier alpha value is -2.95. The first-order chi connectivity index (χ1) is 10.6. The summed E-state index contributed by atoms with van der Waals surface area (Å²) in [5.74, 6) is 0.0541. The van der Waals surface area contributed by atoms with Crippen molar-refractivity contribution in [3.63, 3.8) is 0 Å². The molecule has 0 unspecified atom stereocenters. The van der Waals surface area contributed by atoms with Crippen LogP contribution in [-0.2, 0) is 0 Å². The lowest BCUT2D eigenvalue weighted by molar-refractivity contribution is 0.631. The summed E-state index contributed by atoms with van der Waals surface area (Å²) in [4.78, 5) is 4.09. The van der Waals surface area contributed by atoms with E-state index in [4.69, 9.17) is 5.73 Å². The zero-order valence-electron chi connectivity index (χ0n) is 12.1. The Morgan fingerprint density at radius 2 is 1.77 bits per heavy atom. The molecule has 1 heterocycles. The predicted octanol–water partition coefficient (Wildman–Crippen LogP) is 3.46. The standard InChI is InChI=1S/C17H15FN4/c1-12-11-22(17(19)21-12)20-10-13-6-2-3-7-14(13)15-8-4-5-9-16(15)18/h2-11H,1H3,(H2,19,21). The van der Waals surface area contributed by atoms with Crippen LogP contribution in [0.25, 0.3) is 11.1 Å². The van der Waals surface area contributed by atoms with Crippen molar-refractivity contribution in [2.45, 2.75) is 6.92 Å². The van der Waals surface area contributed by atoms with Crippen LogP contribution in [0.15, 0.2) is 59.8 Å². The van der Waals surface area contributed by atoms with Gasteiger partial charge < -0.3 is 5.73 Å². The van der Waals surface area contributed by atoms with Crippen LogP contribution >= 0.6 is 0 Å². The number of hydrogen-bond donors (Lipinski definition) is 1. The fraction of sp³-hybridized carbons (Fsp3) is 0.0588. The summed E-state index contributed by atoms with van der Waals surface area (Å²) in [7, 11) is 0.